The number of rotatable bonds is 10. The maximum Gasteiger partial charge on any atom is 0.253 e. The van der Waals surface area contributed by atoms with Gasteiger partial charge in [-0.15, -0.1) is 11.8 Å². The zero-order chi connectivity index (χ0) is 27.3. The molecule has 1 aliphatic rings. The van der Waals surface area contributed by atoms with Crippen LogP contribution in [-0.2, 0) is 22.6 Å². The fraction of sp³-hybridized carbons (Fsp3) is 0.462. The van der Waals surface area contributed by atoms with Crippen LogP contribution in [-0.4, -0.2) is 51.7 Å². The Kier molecular flexibility index (Phi) is 9.86. The lowest BCUT2D eigenvalue weighted by molar-refractivity contribution is -0.136. The predicted octanol–water partition coefficient (Wildman–Crippen LogP) is 3.82. The summed E-state index contributed by atoms with van der Waals surface area (Å²) >= 11 is 1.33. The van der Waals surface area contributed by atoms with E-state index in [1.54, 1.807) is 12.1 Å². The molecule has 1 aliphatic heterocycles. The molecule has 0 bridgehead atoms. The van der Waals surface area contributed by atoms with Crippen LogP contribution < -0.4 is 16.1 Å². The average molecular weight is 539 g/mol. The van der Waals surface area contributed by atoms with Gasteiger partial charge in [-0.05, 0) is 48.6 Å². The van der Waals surface area contributed by atoms with Gasteiger partial charge in [-0.25, -0.2) is 13.2 Å². The number of nitrogens with one attached hydrogen (secondary N) is 1. The fourth-order valence-corrected chi connectivity index (χ4v) is 5.08. The smallest absolute Gasteiger partial charge is 0.253 e. The van der Waals surface area contributed by atoms with Gasteiger partial charge in [0.05, 0.1) is 11.7 Å². The largest absolute Gasteiger partial charge is 0.349 e. The summed E-state index contributed by atoms with van der Waals surface area (Å²) in [5.41, 5.74) is 7.37. The minimum Gasteiger partial charge on any atom is -0.349 e. The Morgan fingerprint density at radius 3 is 2.43 bits per heavy atom. The normalized spacial score (nSPS) is 17.1. The van der Waals surface area contributed by atoms with Crippen LogP contribution in [0.25, 0.3) is 0 Å². The highest BCUT2D eigenvalue weighted by Crippen LogP contribution is 2.26. The third-order valence-electron chi connectivity index (χ3n) is 6.46. The summed E-state index contributed by atoms with van der Waals surface area (Å²) in [7, 11) is 0. The summed E-state index contributed by atoms with van der Waals surface area (Å²) in [5, 5.41) is 13.7. The number of hydrogen-bond acceptors (Lipinski definition) is 6. The maximum absolute atomic E-state index is 13.9. The van der Waals surface area contributed by atoms with Crippen molar-refractivity contribution in [2.75, 3.05) is 17.4 Å². The van der Waals surface area contributed by atoms with Crippen molar-refractivity contribution in [3.63, 3.8) is 0 Å². The highest BCUT2D eigenvalue weighted by atomic mass is 32.2. The van der Waals surface area contributed by atoms with Gasteiger partial charge in [0, 0.05) is 37.4 Å². The van der Waals surface area contributed by atoms with Crippen LogP contribution in [0.15, 0.2) is 36.4 Å². The molecule has 3 rings (SSSR count). The van der Waals surface area contributed by atoms with Crippen molar-refractivity contribution in [1.29, 1.82) is 0 Å². The van der Waals surface area contributed by atoms with E-state index in [0.29, 0.717) is 24.1 Å². The molecule has 202 valence electrons. The Morgan fingerprint density at radius 2 is 1.78 bits per heavy atom. The molecule has 0 saturated carbocycles. The van der Waals surface area contributed by atoms with E-state index in [4.69, 9.17) is 5.73 Å². The molecule has 0 unspecified atom stereocenters. The molecule has 3 atom stereocenters. The lowest BCUT2D eigenvalue weighted by atomic mass is 10.0. The number of anilines is 1. The van der Waals surface area contributed by atoms with E-state index in [9.17, 15) is 28.0 Å². The quantitative estimate of drug-likeness (QED) is 0.314. The Bertz CT molecular complexity index is 1100. The Morgan fingerprint density at radius 1 is 1.14 bits per heavy atom. The standard InChI is InChI=1S/C26H33F3N4O3S/c1-15(2)16(3)33(36)20-6-4-17(5-7-20)14-31-25(35)26-32(8-9-37-26)24(34)12-19(30)10-18-11-22(28)23(29)13-21(18)27/h4-7,11,13,15-16,19,26,36H,8-10,12,14,30H2,1-3H3,(H,31,35)/t16-,19-,26+/m1/s1. The van der Waals surface area contributed by atoms with E-state index in [-0.39, 0.29) is 48.7 Å². The van der Waals surface area contributed by atoms with E-state index in [2.05, 4.69) is 5.32 Å². The third kappa shape index (κ3) is 7.39. The summed E-state index contributed by atoms with van der Waals surface area (Å²) in [6.07, 6.45) is -0.319. The molecule has 0 spiro atoms. The Balaban J connectivity index is 1.53. The number of amides is 2. The van der Waals surface area contributed by atoms with Gasteiger partial charge < -0.3 is 16.0 Å². The summed E-state index contributed by atoms with van der Waals surface area (Å²) < 4.78 is 40.5. The molecule has 1 heterocycles. The molecular weight excluding hydrogens is 505 g/mol. The predicted molar refractivity (Wildman–Crippen MR) is 137 cm³/mol. The van der Waals surface area contributed by atoms with Gasteiger partial charge in [0.15, 0.2) is 17.0 Å². The van der Waals surface area contributed by atoms with Gasteiger partial charge in [0.1, 0.15) is 5.82 Å². The molecule has 2 amide bonds. The number of benzene rings is 2. The Hall–Kier alpha value is -2.76. The van der Waals surface area contributed by atoms with Crippen molar-refractivity contribution in [3.05, 3.63) is 65.0 Å². The van der Waals surface area contributed by atoms with Crippen LogP contribution in [0.1, 0.15) is 38.3 Å². The topological polar surface area (TPSA) is 98.9 Å². The summed E-state index contributed by atoms with van der Waals surface area (Å²) in [6.45, 7) is 6.58. The zero-order valence-corrected chi connectivity index (χ0v) is 21.9. The van der Waals surface area contributed by atoms with Crippen LogP contribution in [0.3, 0.4) is 0 Å². The minimum atomic E-state index is -1.29. The van der Waals surface area contributed by atoms with Gasteiger partial charge >= 0.3 is 0 Å². The maximum atomic E-state index is 13.9. The minimum absolute atomic E-state index is 0.0579. The summed E-state index contributed by atoms with van der Waals surface area (Å²) in [6, 6.07) is 7.49. The van der Waals surface area contributed by atoms with Crippen molar-refractivity contribution in [1.82, 2.24) is 10.2 Å². The van der Waals surface area contributed by atoms with E-state index < -0.39 is 28.9 Å². The van der Waals surface area contributed by atoms with Gasteiger partial charge in [-0.2, -0.15) is 0 Å². The first-order chi connectivity index (χ1) is 17.5. The van der Waals surface area contributed by atoms with Gasteiger partial charge in [0.2, 0.25) is 5.91 Å². The number of carbonyl (C=O) groups excluding carboxylic acids is 2. The fourth-order valence-electron chi connectivity index (χ4n) is 3.92. The van der Waals surface area contributed by atoms with Crippen LogP contribution in [0.4, 0.5) is 18.9 Å². The van der Waals surface area contributed by atoms with E-state index in [0.717, 1.165) is 11.6 Å². The second-order valence-corrected chi connectivity index (χ2v) is 10.7. The highest BCUT2D eigenvalue weighted by molar-refractivity contribution is 8.00. The van der Waals surface area contributed by atoms with Gasteiger partial charge in [0.25, 0.3) is 5.91 Å². The number of hydrogen-bond donors (Lipinski definition) is 3. The molecule has 2 aromatic carbocycles. The molecule has 1 saturated heterocycles. The number of hydroxylamine groups is 1. The molecule has 4 N–H and O–H groups in total. The molecule has 37 heavy (non-hydrogen) atoms. The SMILES string of the molecule is CC(C)[C@@H](C)N(O)c1ccc(CNC(=O)[C@@H]2SCCN2C(=O)C[C@H](N)Cc2cc(F)c(F)cc2F)cc1. The monoisotopic (exact) mass is 538 g/mol. The lowest BCUT2D eigenvalue weighted by Crippen LogP contribution is -2.46. The highest BCUT2D eigenvalue weighted by Gasteiger charge is 2.35. The second-order valence-electron chi connectivity index (χ2n) is 9.55. The van der Waals surface area contributed by atoms with Gasteiger partial charge in [-0.1, -0.05) is 26.0 Å². The van der Waals surface area contributed by atoms with E-state index in [1.807, 2.05) is 32.9 Å². The molecular formula is C26H33F3N4O3S. The van der Waals surface area contributed by atoms with Crippen molar-refractivity contribution in [2.24, 2.45) is 11.7 Å². The zero-order valence-electron chi connectivity index (χ0n) is 21.1. The van der Waals surface area contributed by atoms with Crippen molar-refractivity contribution in [3.8, 4) is 0 Å². The van der Waals surface area contributed by atoms with Crippen molar-refractivity contribution >= 4 is 29.3 Å². The number of thioether (sulfide) groups is 1. The van der Waals surface area contributed by atoms with Crippen LogP contribution in [0, 0.1) is 23.4 Å². The molecule has 0 aliphatic carbocycles. The molecule has 0 radical (unpaired) electrons. The summed E-state index contributed by atoms with van der Waals surface area (Å²) in [4.78, 5) is 27.1. The number of nitrogens with two attached hydrogens (primary N) is 1. The third-order valence-corrected chi connectivity index (χ3v) is 7.66. The first kappa shape index (κ1) is 28.8. The number of nitrogens with zero attached hydrogens (tertiary/aromatic N) is 2. The molecule has 0 aromatic heterocycles. The number of carbonyl (C=O) groups is 2. The van der Waals surface area contributed by atoms with Gasteiger partial charge in [-0.3, -0.25) is 19.9 Å². The van der Waals surface area contributed by atoms with E-state index >= 15 is 0 Å². The first-order valence-electron chi connectivity index (χ1n) is 12.1. The second kappa shape index (κ2) is 12.7. The molecule has 11 heteroatoms. The van der Waals surface area contributed by atoms with Crippen molar-refractivity contribution < 1.29 is 28.0 Å². The van der Waals surface area contributed by atoms with Crippen LogP contribution in [0.5, 0.6) is 0 Å². The first-order valence-corrected chi connectivity index (χ1v) is 13.2. The van der Waals surface area contributed by atoms with E-state index in [1.165, 1.54) is 21.7 Å². The molecule has 1 fully saturated rings. The number of halogens is 3. The lowest BCUT2D eigenvalue weighted by Gasteiger charge is -2.27. The van der Waals surface area contributed by atoms with Crippen LogP contribution >= 0.6 is 11.8 Å². The molecule has 2 aromatic rings. The summed E-state index contributed by atoms with van der Waals surface area (Å²) in [5.74, 6) is -3.25. The van der Waals surface area contributed by atoms with Crippen LogP contribution in [0.2, 0.25) is 0 Å². The average Bonchev–Trinajstić information content (AvgIpc) is 3.35. The van der Waals surface area contributed by atoms with Crippen molar-refractivity contribution in [2.45, 2.75) is 57.6 Å². The molecule has 7 nitrogen and oxygen atoms in total. The Labute approximate surface area is 219 Å².